The highest BCUT2D eigenvalue weighted by atomic mass is 35.5. The highest BCUT2D eigenvalue weighted by Gasteiger charge is 2.17. The predicted molar refractivity (Wildman–Crippen MR) is 168 cm³/mol. The Morgan fingerprint density at radius 2 is 0.951 bits per heavy atom. The van der Waals surface area contributed by atoms with Crippen LogP contribution in [0.2, 0.25) is 0 Å². The van der Waals surface area contributed by atoms with Gasteiger partial charge in [0, 0.05) is 37.1 Å². The number of fused-ring (bicyclic) bond motifs is 2. The van der Waals surface area contributed by atoms with Crippen molar-refractivity contribution in [2.24, 2.45) is 5.73 Å². The molecule has 0 aromatic heterocycles. The molecule has 9 nitrogen and oxygen atoms in total. The van der Waals surface area contributed by atoms with Crippen LogP contribution >= 0.6 is 24.8 Å². The molecule has 41 heavy (non-hydrogen) atoms. The van der Waals surface area contributed by atoms with Crippen LogP contribution in [0.1, 0.15) is 68.2 Å². The average Bonchev–Trinajstić information content (AvgIpc) is 3.63. The summed E-state index contributed by atoms with van der Waals surface area (Å²) in [6.07, 6.45) is 1.09. The van der Waals surface area contributed by atoms with E-state index >= 15 is 0 Å². The van der Waals surface area contributed by atoms with Crippen molar-refractivity contribution < 1.29 is 28.5 Å². The van der Waals surface area contributed by atoms with Crippen LogP contribution in [0, 0.1) is 0 Å². The summed E-state index contributed by atoms with van der Waals surface area (Å²) in [4.78, 5) is 28.6. The normalized spacial score (nSPS) is 11.9. The molecular formula is C30H47Cl2N3O6. The number of nitrogens with two attached hydrogens (primary N) is 1. The molecule has 0 saturated carbocycles. The zero-order chi connectivity index (χ0) is 28.6. The quantitative estimate of drug-likeness (QED) is 0.311. The summed E-state index contributed by atoms with van der Waals surface area (Å²) in [5.74, 6) is 3.08. The van der Waals surface area contributed by atoms with Crippen molar-refractivity contribution in [1.82, 2.24) is 9.80 Å². The van der Waals surface area contributed by atoms with Crippen molar-refractivity contribution >= 4 is 36.4 Å². The molecule has 2 aromatic rings. The second-order valence-electron chi connectivity index (χ2n) is 8.94. The van der Waals surface area contributed by atoms with E-state index in [1.165, 1.54) is 0 Å². The van der Waals surface area contributed by atoms with E-state index in [0.717, 1.165) is 57.3 Å². The average molecular weight is 617 g/mol. The van der Waals surface area contributed by atoms with Crippen molar-refractivity contribution in [2.75, 3.05) is 59.4 Å². The Bertz CT molecular complexity index is 967. The Kier molecular flexibility index (Phi) is 19.9. The molecule has 2 N–H and O–H groups in total. The maximum atomic E-state index is 12.1. The van der Waals surface area contributed by atoms with Crippen LogP contribution in [0.5, 0.6) is 23.0 Å². The van der Waals surface area contributed by atoms with Crippen molar-refractivity contribution in [2.45, 2.75) is 47.5 Å². The molecule has 0 radical (unpaired) electrons. The van der Waals surface area contributed by atoms with Gasteiger partial charge in [0.25, 0.3) is 0 Å². The molecule has 0 bridgehead atoms. The van der Waals surface area contributed by atoms with Gasteiger partial charge < -0.3 is 34.5 Å². The molecule has 0 atom stereocenters. The molecule has 2 heterocycles. The Morgan fingerprint density at radius 3 is 1.27 bits per heavy atom. The third-order valence-electron chi connectivity index (χ3n) is 6.49. The Labute approximate surface area is 257 Å². The number of rotatable bonds is 12. The lowest BCUT2D eigenvalue weighted by Gasteiger charge is -2.17. The van der Waals surface area contributed by atoms with E-state index < -0.39 is 0 Å². The largest absolute Gasteiger partial charge is 0.454 e. The molecule has 0 unspecified atom stereocenters. The van der Waals surface area contributed by atoms with Crippen molar-refractivity contribution in [3.63, 3.8) is 0 Å². The molecule has 0 amide bonds. The molecule has 11 heteroatoms. The predicted octanol–water partition coefficient (Wildman–Crippen LogP) is 5.47. The van der Waals surface area contributed by atoms with E-state index in [2.05, 4.69) is 37.5 Å². The van der Waals surface area contributed by atoms with Crippen LogP contribution < -0.4 is 24.7 Å². The van der Waals surface area contributed by atoms with Crippen LogP contribution in [-0.2, 0) is 0 Å². The molecule has 2 aromatic carbocycles. The second kappa shape index (κ2) is 21.2. The zero-order valence-corrected chi connectivity index (χ0v) is 26.6. The number of benzene rings is 2. The fraction of sp³-hybridized carbons (Fsp3) is 0.533. The monoisotopic (exact) mass is 615 g/mol. The minimum Gasteiger partial charge on any atom is -0.454 e. The molecule has 0 aliphatic carbocycles. The number of ketones is 2. The Balaban J connectivity index is 0.000000682. The van der Waals surface area contributed by atoms with Gasteiger partial charge in [-0.1, -0.05) is 34.6 Å². The number of Topliss-reactive ketones (excluding diaryl/α,β-unsaturated/α-hetero) is 2. The Hall–Kier alpha value is -2.56. The Morgan fingerprint density at radius 1 is 0.634 bits per heavy atom. The molecule has 0 saturated heterocycles. The van der Waals surface area contributed by atoms with Crippen LogP contribution in [0.25, 0.3) is 0 Å². The summed E-state index contributed by atoms with van der Waals surface area (Å²) in [5, 5.41) is 0. The minimum atomic E-state index is 0. The standard InChI is InChI=1S/2C14H19NO3.C2H7N.2ClH/c2*1-3-15(4-2)8-7-12(16)11-5-6-13-14(9-11)18-10-17-13;1-2-3;;/h2*5-6,9H,3-4,7-8,10H2,1-2H3;2-3H2,1H3;2*1H. The minimum absolute atomic E-state index is 0. The van der Waals surface area contributed by atoms with Crippen molar-refractivity contribution in [3.8, 4) is 23.0 Å². The maximum Gasteiger partial charge on any atom is 0.231 e. The summed E-state index contributed by atoms with van der Waals surface area (Å²) >= 11 is 0. The summed E-state index contributed by atoms with van der Waals surface area (Å²) < 4.78 is 21.0. The zero-order valence-electron chi connectivity index (χ0n) is 25.0. The van der Waals surface area contributed by atoms with Gasteiger partial charge in [0.1, 0.15) is 0 Å². The summed E-state index contributed by atoms with van der Waals surface area (Å²) in [5.41, 5.74) is 6.25. The fourth-order valence-electron chi connectivity index (χ4n) is 4.03. The first kappa shape index (κ1) is 38.4. The lowest BCUT2D eigenvalue weighted by molar-refractivity contribution is 0.0958. The fourth-order valence-corrected chi connectivity index (χ4v) is 4.03. The first-order chi connectivity index (χ1) is 18.9. The van der Waals surface area contributed by atoms with E-state index in [1.54, 1.807) is 36.4 Å². The molecule has 0 fully saturated rings. The smallest absolute Gasteiger partial charge is 0.231 e. The summed E-state index contributed by atoms with van der Waals surface area (Å²) in [6.45, 7) is 17.1. The van der Waals surface area contributed by atoms with Crippen LogP contribution in [0.15, 0.2) is 36.4 Å². The SMILES string of the molecule is CCN.CCN(CC)CCC(=O)c1ccc2c(c1)OCO2.CCN(CC)CCC(=O)c1ccc2c(c1)OCO2.Cl.Cl. The van der Waals surface area contributed by atoms with Gasteiger partial charge in [-0.15, -0.1) is 24.8 Å². The van der Waals surface area contributed by atoms with Gasteiger partial charge in [0.2, 0.25) is 13.6 Å². The maximum absolute atomic E-state index is 12.1. The van der Waals surface area contributed by atoms with Gasteiger partial charge in [-0.25, -0.2) is 0 Å². The van der Waals surface area contributed by atoms with Crippen LogP contribution in [-0.4, -0.2) is 80.8 Å². The highest BCUT2D eigenvalue weighted by molar-refractivity contribution is 5.97. The van der Waals surface area contributed by atoms with E-state index in [0.29, 0.717) is 35.5 Å². The number of halogens is 2. The number of ether oxygens (including phenoxy) is 4. The van der Waals surface area contributed by atoms with Gasteiger partial charge in [0.05, 0.1) is 0 Å². The lowest BCUT2D eigenvalue weighted by atomic mass is 10.1. The summed E-state index contributed by atoms with van der Waals surface area (Å²) in [6, 6.07) is 10.7. The molecule has 4 rings (SSSR count). The van der Waals surface area contributed by atoms with E-state index in [9.17, 15) is 9.59 Å². The topological polar surface area (TPSA) is 104 Å². The number of nitrogens with zero attached hydrogens (tertiary/aromatic N) is 2. The number of carbonyl (C=O) groups is 2. The number of carbonyl (C=O) groups excluding carboxylic acids is 2. The first-order valence-corrected chi connectivity index (χ1v) is 13.9. The second-order valence-corrected chi connectivity index (χ2v) is 8.94. The summed E-state index contributed by atoms with van der Waals surface area (Å²) in [7, 11) is 0. The molecular weight excluding hydrogens is 569 g/mol. The van der Waals surface area contributed by atoms with Gasteiger partial charge in [0.15, 0.2) is 34.6 Å². The lowest BCUT2D eigenvalue weighted by Crippen LogP contribution is -2.25. The van der Waals surface area contributed by atoms with Gasteiger partial charge >= 0.3 is 0 Å². The molecule has 0 spiro atoms. The third kappa shape index (κ3) is 12.5. The first-order valence-electron chi connectivity index (χ1n) is 13.9. The van der Waals surface area contributed by atoms with Gasteiger partial charge in [-0.2, -0.15) is 0 Å². The highest BCUT2D eigenvalue weighted by Crippen LogP contribution is 2.33. The van der Waals surface area contributed by atoms with Crippen molar-refractivity contribution in [1.29, 1.82) is 0 Å². The van der Waals surface area contributed by atoms with E-state index in [-0.39, 0.29) is 50.0 Å². The van der Waals surface area contributed by atoms with E-state index in [1.807, 2.05) is 6.92 Å². The van der Waals surface area contributed by atoms with Gasteiger partial charge in [-0.05, 0) is 69.1 Å². The van der Waals surface area contributed by atoms with Gasteiger partial charge in [-0.3, -0.25) is 9.59 Å². The number of hydrogen-bond donors (Lipinski definition) is 1. The molecule has 232 valence electrons. The van der Waals surface area contributed by atoms with Crippen LogP contribution in [0.3, 0.4) is 0 Å². The van der Waals surface area contributed by atoms with E-state index in [4.69, 9.17) is 24.7 Å². The number of hydrogen-bond acceptors (Lipinski definition) is 9. The van der Waals surface area contributed by atoms with Crippen molar-refractivity contribution in [3.05, 3.63) is 47.5 Å². The molecule has 2 aliphatic heterocycles. The van der Waals surface area contributed by atoms with Crippen LogP contribution in [0.4, 0.5) is 0 Å². The third-order valence-corrected chi connectivity index (χ3v) is 6.49. The molecule has 2 aliphatic rings.